The predicted molar refractivity (Wildman–Crippen MR) is 90.0 cm³/mol. The standard InChI is InChI=1S/C19H20N2O2/c1-12-9-10-21-17-15(12)7-4-8-16(17)19(22)20-18(21)13-5-3-6-14(11-13)23-2/h3-8,11-12,18H,9-10H2,1-2H3,(H,20,22)/t12-,18-/m0/s1. The molecule has 4 nitrogen and oxygen atoms in total. The second-order valence-electron chi connectivity index (χ2n) is 6.28. The van der Waals surface area contributed by atoms with Crippen LogP contribution in [0.2, 0.25) is 0 Å². The molecule has 4 rings (SSSR count). The van der Waals surface area contributed by atoms with Gasteiger partial charge in [0, 0.05) is 6.54 Å². The van der Waals surface area contributed by atoms with Crippen molar-refractivity contribution in [1.82, 2.24) is 5.32 Å². The highest BCUT2D eigenvalue weighted by Crippen LogP contribution is 2.43. The lowest BCUT2D eigenvalue weighted by molar-refractivity contribution is 0.0925. The number of nitrogens with one attached hydrogen (secondary N) is 1. The van der Waals surface area contributed by atoms with Crippen LogP contribution in [-0.4, -0.2) is 19.6 Å². The molecule has 23 heavy (non-hydrogen) atoms. The lowest BCUT2D eigenvalue weighted by atomic mass is 9.87. The molecule has 2 heterocycles. The molecular weight excluding hydrogens is 288 g/mol. The summed E-state index contributed by atoms with van der Waals surface area (Å²) in [6, 6.07) is 14.0. The van der Waals surface area contributed by atoms with Gasteiger partial charge < -0.3 is 15.0 Å². The number of methoxy groups -OCH3 is 1. The van der Waals surface area contributed by atoms with Crippen LogP contribution in [0.4, 0.5) is 5.69 Å². The van der Waals surface area contributed by atoms with Gasteiger partial charge in [-0.1, -0.05) is 31.2 Å². The second kappa shape index (κ2) is 5.30. The predicted octanol–water partition coefficient (Wildman–Crippen LogP) is 3.45. The first-order chi connectivity index (χ1) is 11.2. The van der Waals surface area contributed by atoms with Crippen molar-refractivity contribution < 1.29 is 9.53 Å². The van der Waals surface area contributed by atoms with Gasteiger partial charge in [0.2, 0.25) is 0 Å². The van der Waals surface area contributed by atoms with E-state index in [0.29, 0.717) is 5.92 Å². The average Bonchev–Trinajstić information content (AvgIpc) is 2.60. The second-order valence-corrected chi connectivity index (χ2v) is 6.28. The number of ether oxygens (including phenoxy) is 1. The van der Waals surface area contributed by atoms with Crippen molar-refractivity contribution in [2.45, 2.75) is 25.4 Å². The van der Waals surface area contributed by atoms with E-state index >= 15 is 0 Å². The monoisotopic (exact) mass is 308 g/mol. The van der Waals surface area contributed by atoms with Crippen LogP contribution >= 0.6 is 0 Å². The van der Waals surface area contributed by atoms with E-state index in [1.54, 1.807) is 7.11 Å². The van der Waals surface area contributed by atoms with Gasteiger partial charge in [0.05, 0.1) is 18.4 Å². The van der Waals surface area contributed by atoms with Gasteiger partial charge in [-0.15, -0.1) is 0 Å². The highest BCUT2D eigenvalue weighted by Gasteiger charge is 2.36. The molecule has 2 atom stereocenters. The first-order valence-corrected chi connectivity index (χ1v) is 8.03. The molecule has 0 fully saturated rings. The van der Waals surface area contributed by atoms with Gasteiger partial charge in [-0.05, 0) is 41.7 Å². The zero-order chi connectivity index (χ0) is 16.0. The summed E-state index contributed by atoms with van der Waals surface area (Å²) in [6.45, 7) is 3.17. The number of nitrogens with zero attached hydrogens (tertiary/aromatic N) is 1. The lowest BCUT2D eigenvalue weighted by Crippen LogP contribution is -2.49. The molecule has 1 N–H and O–H groups in total. The van der Waals surface area contributed by atoms with Crippen LogP contribution in [-0.2, 0) is 0 Å². The van der Waals surface area contributed by atoms with E-state index in [4.69, 9.17) is 4.74 Å². The molecule has 0 aliphatic carbocycles. The van der Waals surface area contributed by atoms with Crippen LogP contribution in [0.1, 0.15) is 46.9 Å². The molecule has 2 aliphatic heterocycles. The summed E-state index contributed by atoms with van der Waals surface area (Å²) < 4.78 is 5.33. The maximum absolute atomic E-state index is 12.6. The normalized spacial score (nSPS) is 22.3. The average molecular weight is 308 g/mol. The summed E-state index contributed by atoms with van der Waals surface area (Å²) in [5.74, 6) is 1.29. The first-order valence-electron chi connectivity index (χ1n) is 8.03. The number of rotatable bonds is 2. The summed E-state index contributed by atoms with van der Waals surface area (Å²) in [6.07, 6.45) is 0.950. The Bertz CT molecular complexity index is 772. The van der Waals surface area contributed by atoms with E-state index in [9.17, 15) is 4.79 Å². The van der Waals surface area contributed by atoms with E-state index in [-0.39, 0.29) is 12.1 Å². The zero-order valence-corrected chi connectivity index (χ0v) is 13.4. The van der Waals surface area contributed by atoms with Crippen LogP contribution in [0, 0.1) is 0 Å². The van der Waals surface area contributed by atoms with Crippen LogP contribution < -0.4 is 15.0 Å². The van der Waals surface area contributed by atoms with Crippen LogP contribution in [0.3, 0.4) is 0 Å². The molecule has 118 valence electrons. The topological polar surface area (TPSA) is 41.6 Å². The van der Waals surface area contributed by atoms with Crippen LogP contribution in [0.15, 0.2) is 42.5 Å². The summed E-state index contributed by atoms with van der Waals surface area (Å²) in [7, 11) is 1.66. The number of carbonyl (C=O) groups excluding carboxylic acids is 1. The maximum Gasteiger partial charge on any atom is 0.255 e. The Morgan fingerprint density at radius 3 is 2.87 bits per heavy atom. The van der Waals surface area contributed by atoms with Crippen molar-refractivity contribution in [3.8, 4) is 5.75 Å². The molecule has 0 radical (unpaired) electrons. The highest BCUT2D eigenvalue weighted by molar-refractivity contribution is 6.03. The number of amides is 1. The summed E-state index contributed by atoms with van der Waals surface area (Å²) in [5.41, 5.74) is 4.21. The number of carbonyl (C=O) groups is 1. The third-order valence-electron chi connectivity index (χ3n) is 4.92. The summed E-state index contributed by atoms with van der Waals surface area (Å²) >= 11 is 0. The molecule has 4 heteroatoms. The summed E-state index contributed by atoms with van der Waals surface area (Å²) in [5, 5.41) is 3.15. The van der Waals surface area contributed by atoms with Gasteiger partial charge in [0.25, 0.3) is 5.91 Å². The lowest BCUT2D eigenvalue weighted by Gasteiger charge is -2.44. The molecule has 0 spiro atoms. The van der Waals surface area contributed by atoms with Crippen LogP contribution in [0.25, 0.3) is 0 Å². The van der Waals surface area contributed by atoms with Crippen molar-refractivity contribution in [2.75, 3.05) is 18.6 Å². The molecule has 2 aromatic carbocycles. The minimum absolute atomic E-state index is 0.0000184. The van der Waals surface area contributed by atoms with E-state index in [1.165, 1.54) is 5.56 Å². The quantitative estimate of drug-likeness (QED) is 0.924. The largest absolute Gasteiger partial charge is 0.497 e. The van der Waals surface area contributed by atoms with E-state index in [0.717, 1.165) is 35.5 Å². The van der Waals surface area contributed by atoms with Crippen LogP contribution in [0.5, 0.6) is 5.75 Å². The van der Waals surface area contributed by atoms with Gasteiger partial charge in [0.1, 0.15) is 11.9 Å². The van der Waals surface area contributed by atoms with E-state index in [2.05, 4.69) is 23.2 Å². The fourth-order valence-electron chi connectivity index (χ4n) is 3.68. The third-order valence-corrected chi connectivity index (χ3v) is 4.92. The van der Waals surface area contributed by atoms with E-state index < -0.39 is 0 Å². The summed E-state index contributed by atoms with van der Waals surface area (Å²) in [4.78, 5) is 14.9. The fourth-order valence-corrected chi connectivity index (χ4v) is 3.68. The molecule has 0 saturated heterocycles. The van der Waals surface area contributed by atoms with Crippen molar-refractivity contribution in [1.29, 1.82) is 0 Å². The Labute approximate surface area is 136 Å². The third kappa shape index (κ3) is 2.17. The molecule has 1 amide bonds. The minimum atomic E-state index is -0.140. The molecule has 2 aromatic rings. The zero-order valence-electron chi connectivity index (χ0n) is 13.4. The molecule has 0 unspecified atom stereocenters. The van der Waals surface area contributed by atoms with Crippen molar-refractivity contribution in [3.63, 3.8) is 0 Å². The Hall–Kier alpha value is -2.49. The number of hydrogen-bond acceptors (Lipinski definition) is 3. The van der Waals surface area contributed by atoms with E-state index in [1.807, 2.05) is 36.4 Å². The molecular formula is C19H20N2O2. The smallest absolute Gasteiger partial charge is 0.255 e. The molecule has 0 saturated carbocycles. The maximum atomic E-state index is 12.6. The molecule has 2 aliphatic rings. The van der Waals surface area contributed by atoms with Gasteiger partial charge >= 0.3 is 0 Å². The Kier molecular flexibility index (Phi) is 3.26. The van der Waals surface area contributed by atoms with Gasteiger partial charge in [-0.3, -0.25) is 4.79 Å². The Balaban J connectivity index is 1.84. The highest BCUT2D eigenvalue weighted by atomic mass is 16.5. The first kappa shape index (κ1) is 14.1. The van der Waals surface area contributed by atoms with Gasteiger partial charge in [0.15, 0.2) is 0 Å². The Morgan fingerprint density at radius 1 is 1.22 bits per heavy atom. The molecule has 0 aromatic heterocycles. The minimum Gasteiger partial charge on any atom is -0.497 e. The van der Waals surface area contributed by atoms with Crippen molar-refractivity contribution >= 4 is 11.6 Å². The Morgan fingerprint density at radius 2 is 2.04 bits per heavy atom. The number of benzene rings is 2. The molecule has 0 bridgehead atoms. The van der Waals surface area contributed by atoms with Gasteiger partial charge in [-0.25, -0.2) is 0 Å². The van der Waals surface area contributed by atoms with Crippen molar-refractivity contribution in [2.24, 2.45) is 0 Å². The number of para-hydroxylation sites is 1. The number of hydrogen-bond donors (Lipinski definition) is 1. The number of anilines is 1. The van der Waals surface area contributed by atoms with Crippen molar-refractivity contribution in [3.05, 3.63) is 59.2 Å². The van der Waals surface area contributed by atoms with Gasteiger partial charge in [-0.2, -0.15) is 0 Å². The fraction of sp³-hybridized carbons (Fsp3) is 0.316. The SMILES string of the molecule is COc1cccc([C@H]2NC(=O)c3cccc4c3N2CC[C@@H]4C)c1.